The Morgan fingerprint density at radius 3 is 2.83 bits per heavy atom. The maximum Gasteiger partial charge on any atom is 0.123 e. The topological polar surface area (TPSA) is 12.0 Å². The molecule has 2 rings (SSSR count). The van der Waals surface area contributed by atoms with Crippen LogP contribution in [0.3, 0.4) is 0 Å². The van der Waals surface area contributed by atoms with E-state index >= 15 is 0 Å². The van der Waals surface area contributed by atoms with Crippen molar-refractivity contribution in [2.75, 3.05) is 7.05 Å². The maximum atomic E-state index is 12.8. The lowest BCUT2D eigenvalue weighted by Crippen LogP contribution is -2.24. The molecule has 1 atom stereocenters. The van der Waals surface area contributed by atoms with Crippen molar-refractivity contribution >= 4 is 0 Å². The van der Waals surface area contributed by atoms with Gasteiger partial charge in [-0.05, 0) is 43.1 Å². The first-order valence-electron chi connectivity index (χ1n) is 4.24. The van der Waals surface area contributed by atoms with Crippen LogP contribution in [0, 0.1) is 5.82 Å². The minimum Gasteiger partial charge on any atom is -0.316 e. The van der Waals surface area contributed by atoms with Crippen LogP contribution in [0.4, 0.5) is 4.39 Å². The Kier molecular flexibility index (Phi) is 1.85. The summed E-state index contributed by atoms with van der Waals surface area (Å²) in [4.78, 5) is 0. The summed E-state index contributed by atoms with van der Waals surface area (Å²) < 4.78 is 12.8. The van der Waals surface area contributed by atoms with Crippen LogP contribution < -0.4 is 5.32 Å². The van der Waals surface area contributed by atoms with Gasteiger partial charge in [0, 0.05) is 6.04 Å². The van der Waals surface area contributed by atoms with Gasteiger partial charge in [-0.15, -0.1) is 0 Å². The average molecular weight is 165 g/mol. The Hall–Kier alpha value is -0.890. The van der Waals surface area contributed by atoms with Gasteiger partial charge in [-0.2, -0.15) is 0 Å². The molecule has 0 saturated carbocycles. The predicted molar refractivity (Wildman–Crippen MR) is 46.7 cm³/mol. The first kappa shape index (κ1) is 7.74. The van der Waals surface area contributed by atoms with E-state index in [4.69, 9.17) is 0 Å². The molecule has 1 aliphatic carbocycles. The van der Waals surface area contributed by atoms with Gasteiger partial charge in [-0.1, -0.05) is 6.07 Å². The minimum atomic E-state index is -0.120. The van der Waals surface area contributed by atoms with Crippen molar-refractivity contribution in [1.29, 1.82) is 0 Å². The second-order valence-electron chi connectivity index (χ2n) is 3.31. The molecule has 0 unspecified atom stereocenters. The number of rotatable bonds is 1. The fourth-order valence-corrected chi connectivity index (χ4v) is 1.79. The summed E-state index contributed by atoms with van der Waals surface area (Å²) in [5, 5.41) is 3.21. The summed E-state index contributed by atoms with van der Waals surface area (Å²) in [6, 6.07) is 5.58. The Bertz CT molecular complexity index is 296. The van der Waals surface area contributed by atoms with Crippen LogP contribution in [0.15, 0.2) is 18.2 Å². The van der Waals surface area contributed by atoms with Crippen LogP contribution >= 0.6 is 0 Å². The first-order chi connectivity index (χ1) is 5.79. The number of halogens is 1. The highest BCUT2D eigenvalue weighted by Gasteiger charge is 2.19. The molecule has 0 heterocycles. The molecular formula is C10H12FN. The van der Waals surface area contributed by atoms with Gasteiger partial charge in [0.2, 0.25) is 0 Å². The van der Waals surface area contributed by atoms with E-state index in [2.05, 4.69) is 5.32 Å². The number of fused-ring (bicyclic) bond motifs is 1. The van der Waals surface area contributed by atoms with Gasteiger partial charge in [0.15, 0.2) is 0 Å². The molecule has 0 aliphatic heterocycles. The fourth-order valence-electron chi connectivity index (χ4n) is 1.79. The summed E-state index contributed by atoms with van der Waals surface area (Å²) in [6.07, 6.45) is 2.00. The Morgan fingerprint density at radius 2 is 2.08 bits per heavy atom. The Morgan fingerprint density at radius 1 is 1.33 bits per heavy atom. The number of nitrogens with one attached hydrogen (secondary N) is 1. The number of hydrogen-bond acceptors (Lipinski definition) is 1. The lowest BCUT2D eigenvalue weighted by atomic mass is 10.1. The van der Waals surface area contributed by atoms with Gasteiger partial charge in [0.1, 0.15) is 5.82 Å². The molecular weight excluding hydrogens is 153 g/mol. The second kappa shape index (κ2) is 2.87. The Labute approximate surface area is 71.6 Å². The Balaban J connectivity index is 2.30. The molecule has 12 heavy (non-hydrogen) atoms. The maximum absolute atomic E-state index is 12.8. The van der Waals surface area contributed by atoms with E-state index in [-0.39, 0.29) is 5.82 Å². The largest absolute Gasteiger partial charge is 0.316 e. The predicted octanol–water partition coefficient (Wildman–Crippen LogP) is 1.51. The fraction of sp³-hybridized carbons (Fsp3) is 0.400. The van der Waals surface area contributed by atoms with Gasteiger partial charge in [0.05, 0.1) is 0 Å². The van der Waals surface area contributed by atoms with Crippen molar-refractivity contribution in [2.24, 2.45) is 0 Å². The lowest BCUT2D eigenvalue weighted by Gasteiger charge is -2.04. The van der Waals surface area contributed by atoms with Gasteiger partial charge in [-0.25, -0.2) is 4.39 Å². The van der Waals surface area contributed by atoms with E-state index in [1.807, 2.05) is 13.1 Å². The van der Waals surface area contributed by atoms with E-state index in [1.165, 1.54) is 11.6 Å². The molecule has 0 amide bonds. The van der Waals surface area contributed by atoms with Gasteiger partial charge in [-0.3, -0.25) is 0 Å². The molecule has 0 saturated heterocycles. The minimum absolute atomic E-state index is 0.120. The third kappa shape index (κ3) is 1.23. The number of likely N-dealkylation sites (N-methyl/N-ethyl adjacent to an activating group) is 1. The standard InChI is InChI=1S/C10H12FN/c1-12-10-5-7-2-3-9(11)4-8(7)6-10/h2-4,10,12H,5-6H2,1H3/t10-/m1/s1. The molecule has 1 N–H and O–H groups in total. The average Bonchev–Trinajstić information content (AvgIpc) is 2.46. The molecule has 1 aliphatic rings. The quantitative estimate of drug-likeness (QED) is 0.665. The summed E-state index contributed by atoms with van der Waals surface area (Å²) in [5.41, 5.74) is 2.45. The van der Waals surface area contributed by atoms with Crippen molar-refractivity contribution in [3.8, 4) is 0 Å². The van der Waals surface area contributed by atoms with Gasteiger partial charge < -0.3 is 5.32 Å². The third-order valence-corrected chi connectivity index (χ3v) is 2.51. The molecule has 1 aromatic carbocycles. The molecule has 1 aromatic rings. The van der Waals surface area contributed by atoms with E-state index in [0.29, 0.717) is 6.04 Å². The van der Waals surface area contributed by atoms with E-state index < -0.39 is 0 Å². The second-order valence-corrected chi connectivity index (χ2v) is 3.31. The van der Waals surface area contributed by atoms with Crippen LogP contribution in [0.2, 0.25) is 0 Å². The number of benzene rings is 1. The summed E-state index contributed by atoms with van der Waals surface area (Å²) in [6.45, 7) is 0. The van der Waals surface area contributed by atoms with Gasteiger partial charge in [0.25, 0.3) is 0 Å². The third-order valence-electron chi connectivity index (χ3n) is 2.51. The molecule has 0 spiro atoms. The van der Waals surface area contributed by atoms with Gasteiger partial charge >= 0.3 is 0 Å². The number of hydrogen-bond donors (Lipinski definition) is 1. The van der Waals surface area contributed by atoms with Crippen LogP contribution in [0.25, 0.3) is 0 Å². The van der Waals surface area contributed by atoms with Crippen LogP contribution in [-0.4, -0.2) is 13.1 Å². The molecule has 0 radical (unpaired) electrons. The summed E-state index contributed by atoms with van der Waals surface area (Å²) in [7, 11) is 1.95. The zero-order valence-corrected chi connectivity index (χ0v) is 7.10. The zero-order chi connectivity index (χ0) is 8.55. The normalized spacial score (nSPS) is 21.0. The smallest absolute Gasteiger partial charge is 0.123 e. The molecule has 0 fully saturated rings. The lowest BCUT2D eigenvalue weighted by molar-refractivity contribution is 0.592. The molecule has 0 aromatic heterocycles. The summed E-state index contributed by atoms with van der Waals surface area (Å²) in [5.74, 6) is -0.120. The van der Waals surface area contributed by atoms with Crippen molar-refractivity contribution < 1.29 is 4.39 Å². The SMILES string of the molecule is CN[C@@H]1Cc2ccc(F)cc2C1. The van der Waals surface area contributed by atoms with Crippen molar-refractivity contribution in [2.45, 2.75) is 18.9 Å². The van der Waals surface area contributed by atoms with E-state index in [0.717, 1.165) is 18.4 Å². The van der Waals surface area contributed by atoms with Crippen molar-refractivity contribution in [3.05, 3.63) is 35.1 Å². The van der Waals surface area contributed by atoms with Crippen molar-refractivity contribution in [3.63, 3.8) is 0 Å². The highest BCUT2D eigenvalue weighted by molar-refractivity contribution is 5.33. The van der Waals surface area contributed by atoms with E-state index in [1.54, 1.807) is 6.07 Å². The highest BCUT2D eigenvalue weighted by atomic mass is 19.1. The molecule has 2 heteroatoms. The zero-order valence-electron chi connectivity index (χ0n) is 7.10. The van der Waals surface area contributed by atoms with Crippen molar-refractivity contribution in [1.82, 2.24) is 5.32 Å². The molecule has 0 bridgehead atoms. The molecule has 1 nitrogen and oxygen atoms in total. The monoisotopic (exact) mass is 165 g/mol. The highest BCUT2D eigenvalue weighted by Crippen LogP contribution is 2.22. The molecule has 64 valence electrons. The van der Waals surface area contributed by atoms with Crippen LogP contribution in [-0.2, 0) is 12.8 Å². The van der Waals surface area contributed by atoms with Crippen LogP contribution in [0.5, 0.6) is 0 Å². The van der Waals surface area contributed by atoms with E-state index in [9.17, 15) is 4.39 Å². The van der Waals surface area contributed by atoms with Crippen LogP contribution in [0.1, 0.15) is 11.1 Å². The summed E-state index contributed by atoms with van der Waals surface area (Å²) >= 11 is 0. The first-order valence-corrected chi connectivity index (χ1v) is 4.24.